The number of nitrogens with one attached hydrogen (secondary N) is 2. The molecule has 1 unspecified atom stereocenters. The smallest absolute Gasteiger partial charge is 0.224 e. The van der Waals surface area contributed by atoms with Gasteiger partial charge in [0.1, 0.15) is 5.52 Å². The van der Waals surface area contributed by atoms with Crippen LogP contribution in [0.5, 0.6) is 0 Å². The van der Waals surface area contributed by atoms with Crippen LogP contribution in [0, 0.1) is 0 Å². The molecule has 0 aliphatic rings. The summed E-state index contributed by atoms with van der Waals surface area (Å²) in [5, 5.41) is 3.08. The topological polar surface area (TPSA) is 110 Å². The van der Waals surface area contributed by atoms with Crippen molar-refractivity contribution in [2.75, 3.05) is 29.1 Å². The van der Waals surface area contributed by atoms with Gasteiger partial charge >= 0.3 is 0 Å². The zero-order valence-electron chi connectivity index (χ0n) is 9.43. The number of aromatic amines is 1. The highest BCUT2D eigenvalue weighted by Gasteiger charge is 2.07. The molecule has 17 heavy (non-hydrogen) atoms. The fourth-order valence-corrected chi connectivity index (χ4v) is 2.02. The summed E-state index contributed by atoms with van der Waals surface area (Å²) in [6.45, 7) is 2.47. The Kier molecular flexibility index (Phi) is 3.52. The normalized spacial score (nSPS) is 12.8. The van der Waals surface area contributed by atoms with E-state index >= 15 is 0 Å². The van der Waals surface area contributed by atoms with Gasteiger partial charge in [-0.3, -0.25) is 4.21 Å². The van der Waals surface area contributed by atoms with E-state index in [1.54, 1.807) is 0 Å². The molecule has 4 N–H and O–H groups in total. The number of hydrogen-bond donors (Lipinski definition) is 3. The van der Waals surface area contributed by atoms with Gasteiger partial charge in [0.2, 0.25) is 5.95 Å². The second-order valence-electron chi connectivity index (χ2n) is 3.39. The Bertz CT molecular complexity index is 539. The van der Waals surface area contributed by atoms with E-state index in [0.717, 1.165) is 0 Å². The minimum Gasteiger partial charge on any atom is -0.368 e. The zero-order chi connectivity index (χ0) is 12.3. The second-order valence-corrected chi connectivity index (χ2v) is 5.26. The highest BCUT2D eigenvalue weighted by Crippen LogP contribution is 2.16. The molecule has 2 rings (SSSR count). The summed E-state index contributed by atoms with van der Waals surface area (Å²) >= 11 is 0. The molecule has 0 spiro atoms. The Morgan fingerprint density at radius 1 is 1.53 bits per heavy atom. The molecule has 7 nitrogen and oxygen atoms in total. The minimum absolute atomic E-state index is 0.170. The van der Waals surface area contributed by atoms with Crippen molar-refractivity contribution >= 4 is 33.7 Å². The maximum Gasteiger partial charge on any atom is 0.224 e. The molecule has 0 aliphatic heterocycles. The van der Waals surface area contributed by atoms with E-state index in [9.17, 15) is 4.21 Å². The Morgan fingerprint density at radius 3 is 3.12 bits per heavy atom. The first-order valence-electron chi connectivity index (χ1n) is 5.26. The van der Waals surface area contributed by atoms with Gasteiger partial charge in [0.15, 0.2) is 11.5 Å². The van der Waals surface area contributed by atoms with Crippen LogP contribution in [0.1, 0.15) is 6.92 Å². The molecule has 0 saturated heterocycles. The molecule has 0 amide bonds. The van der Waals surface area contributed by atoms with Gasteiger partial charge in [-0.1, -0.05) is 6.92 Å². The van der Waals surface area contributed by atoms with Crippen LogP contribution >= 0.6 is 0 Å². The maximum atomic E-state index is 11.3. The van der Waals surface area contributed by atoms with Gasteiger partial charge in [0.05, 0.1) is 6.33 Å². The zero-order valence-corrected chi connectivity index (χ0v) is 10.3. The van der Waals surface area contributed by atoms with Crippen LogP contribution in [0.4, 0.5) is 11.8 Å². The molecular weight excluding hydrogens is 240 g/mol. The third kappa shape index (κ3) is 2.70. The van der Waals surface area contributed by atoms with Gasteiger partial charge in [-0.2, -0.15) is 9.97 Å². The van der Waals surface area contributed by atoms with Gasteiger partial charge < -0.3 is 16.0 Å². The summed E-state index contributed by atoms with van der Waals surface area (Å²) in [6.07, 6.45) is 1.54. The quantitative estimate of drug-likeness (QED) is 0.699. The Morgan fingerprint density at radius 2 is 2.35 bits per heavy atom. The lowest BCUT2D eigenvalue weighted by Crippen LogP contribution is -2.13. The summed E-state index contributed by atoms with van der Waals surface area (Å²) in [7, 11) is -0.793. The minimum atomic E-state index is -0.793. The maximum absolute atomic E-state index is 11.3. The summed E-state index contributed by atoms with van der Waals surface area (Å²) in [5.74, 6) is 2.00. The fourth-order valence-electron chi connectivity index (χ4n) is 1.41. The lowest BCUT2D eigenvalue weighted by atomic mass is 10.5. The van der Waals surface area contributed by atoms with E-state index in [1.165, 1.54) is 6.33 Å². The molecule has 1 atom stereocenters. The molecule has 0 bridgehead atoms. The predicted octanol–water partition coefficient (Wildman–Crippen LogP) is 0.116. The molecule has 92 valence electrons. The molecule has 0 aromatic carbocycles. The average molecular weight is 254 g/mol. The summed E-state index contributed by atoms with van der Waals surface area (Å²) < 4.78 is 11.3. The van der Waals surface area contributed by atoms with Crippen molar-refractivity contribution in [1.82, 2.24) is 19.9 Å². The average Bonchev–Trinajstić information content (AvgIpc) is 2.76. The van der Waals surface area contributed by atoms with Crippen LogP contribution in [-0.4, -0.2) is 42.2 Å². The van der Waals surface area contributed by atoms with E-state index in [0.29, 0.717) is 35.0 Å². The van der Waals surface area contributed by atoms with Crippen LogP contribution < -0.4 is 11.1 Å². The van der Waals surface area contributed by atoms with E-state index in [4.69, 9.17) is 5.73 Å². The third-order valence-corrected chi connectivity index (χ3v) is 3.55. The molecule has 2 aromatic rings. The van der Waals surface area contributed by atoms with E-state index in [1.807, 2.05) is 6.92 Å². The van der Waals surface area contributed by atoms with E-state index < -0.39 is 10.8 Å². The van der Waals surface area contributed by atoms with Gasteiger partial charge in [-0.15, -0.1) is 0 Å². The largest absolute Gasteiger partial charge is 0.368 e. The molecule has 2 aromatic heterocycles. The number of aromatic nitrogens is 4. The van der Waals surface area contributed by atoms with Crippen molar-refractivity contribution < 1.29 is 4.21 Å². The van der Waals surface area contributed by atoms with Gasteiger partial charge in [0.25, 0.3) is 0 Å². The first-order valence-corrected chi connectivity index (χ1v) is 6.75. The highest BCUT2D eigenvalue weighted by molar-refractivity contribution is 7.84. The number of nitrogens with zero attached hydrogens (tertiary/aromatic N) is 3. The number of rotatable bonds is 5. The Hall–Kier alpha value is -1.70. The first kappa shape index (κ1) is 11.8. The fraction of sp³-hybridized carbons (Fsp3) is 0.444. The van der Waals surface area contributed by atoms with Crippen molar-refractivity contribution in [3.63, 3.8) is 0 Å². The lowest BCUT2D eigenvalue weighted by Gasteiger charge is -2.06. The summed E-state index contributed by atoms with van der Waals surface area (Å²) in [4.78, 5) is 15.0. The van der Waals surface area contributed by atoms with Crippen LogP contribution in [0.3, 0.4) is 0 Å². The van der Waals surface area contributed by atoms with Crippen molar-refractivity contribution in [1.29, 1.82) is 0 Å². The molecule has 0 aliphatic carbocycles. The van der Waals surface area contributed by atoms with Crippen LogP contribution in [-0.2, 0) is 10.8 Å². The SMILES string of the molecule is CCS(=O)CCNc1nc(N)nc2nc[nH]c12. The van der Waals surface area contributed by atoms with Crippen molar-refractivity contribution in [3.8, 4) is 0 Å². The summed E-state index contributed by atoms with van der Waals surface area (Å²) in [6, 6.07) is 0. The van der Waals surface area contributed by atoms with Crippen LogP contribution in [0.25, 0.3) is 11.2 Å². The number of imidazole rings is 1. The highest BCUT2D eigenvalue weighted by atomic mass is 32.2. The van der Waals surface area contributed by atoms with E-state index in [2.05, 4.69) is 25.3 Å². The Labute approximate surface area is 101 Å². The number of anilines is 2. The molecule has 0 radical (unpaired) electrons. The molecule has 0 saturated carbocycles. The first-order chi connectivity index (χ1) is 8.20. The third-order valence-electron chi connectivity index (χ3n) is 2.25. The van der Waals surface area contributed by atoms with Crippen LogP contribution in [0.2, 0.25) is 0 Å². The number of fused-ring (bicyclic) bond motifs is 1. The molecule has 8 heteroatoms. The lowest BCUT2D eigenvalue weighted by molar-refractivity contribution is 0.684. The van der Waals surface area contributed by atoms with Gasteiger partial charge in [-0.25, -0.2) is 4.98 Å². The number of nitrogens with two attached hydrogens (primary N) is 1. The molecular formula is C9H14N6OS. The van der Waals surface area contributed by atoms with Crippen molar-refractivity contribution in [2.24, 2.45) is 0 Å². The van der Waals surface area contributed by atoms with Crippen molar-refractivity contribution in [2.45, 2.75) is 6.92 Å². The van der Waals surface area contributed by atoms with Crippen LogP contribution in [0.15, 0.2) is 6.33 Å². The van der Waals surface area contributed by atoms with Gasteiger partial charge in [-0.05, 0) is 0 Å². The second kappa shape index (κ2) is 5.09. The standard InChI is InChI=1S/C9H14N6OS/c1-2-17(16)4-3-11-7-6-8(13-5-12-6)15-9(10)14-7/h5H,2-4H2,1H3,(H4,10,11,12,13,14,15). The number of H-pyrrole nitrogens is 1. The van der Waals surface area contributed by atoms with Gasteiger partial charge in [0, 0.05) is 28.9 Å². The van der Waals surface area contributed by atoms with Crippen molar-refractivity contribution in [3.05, 3.63) is 6.33 Å². The summed E-state index contributed by atoms with van der Waals surface area (Å²) in [5.41, 5.74) is 6.80. The Balaban J connectivity index is 2.12. The number of hydrogen-bond acceptors (Lipinski definition) is 6. The molecule has 0 fully saturated rings. The predicted molar refractivity (Wildman–Crippen MR) is 68.1 cm³/mol. The molecule has 2 heterocycles. The monoisotopic (exact) mass is 254 g/mol. The number of nitrogen functional groups attached to an aromatic ring is 1. The van der Waals surface area contributed by atoms with E-state index in [-0.39, 0.29) is 5.95 Å².